The maximum absolute atomic E-state index is 12.1. The normalized spacial score (nSPS) is 20.8. The maximum Gasteiger partial charge on any atom is 0.242 e. The van der Waals surface area contributed by atoms with Crippen LogP contribution in [0.1, 0.15) is 12.8 Å². The molecule has 0 amide bonds. The van der Waals surface area contributed by atoms with E-state index in [2.05, 4.69) is 10.0 Å². The minimum absolute atomic E-state index is 0.149. The highest BCUT2D eigenvalue weighted by molar-refractivity contribution is 7.89. The Morgan fingerprint density at radius 1 is 1.39 bits per heavy atom. The molecule has 1 aromatic carbocycles. The van der Waals surface area contributed by atoms with Crippen LogP contribution >= 0.6 is 11.6 Å². The van der Waals surface area contributed by atoms with Gasteiger partial charge in [-0.2, -0.15) is 0 Å². The fourth-order valence-corrected chi connectivity index (χ4v) is 3.70. The molecule has 0 spiro atoms. The quantitative estimate of drug-likeness (QED) is 0.885. The summed E-state index contributed by atoms with van der Waals surface area (Å²) < 4.78 is 26.8. The van der Waals surface area contributed by atoms with Crippen LogP contribution in [0.2, 0.25) is 5.02 Å². The van der Waals surface area contributed by atoms with Crippen molar-refractivity contribution >= 4 is 21.6 Å². The second-order valence-electron chi connectivity index (χ2n) is 4.49. The maximum atomic E-state index is 12.1. The summed E-state index contributed by atoms with van der Waals surface area (Å²) in [4.78, 5) is 0.149. The van der Waals surface area contributed by atoms with E-state index in [4.69, 9.17) is 11.6 Å². The van der Waals surface area contributed by atoms with Gasteiger partial charge in [0.15, 0.2) is 0 Å². The Bertz CT molecular complexity index is 499. The van der Waals surface area contributed by atoms with Crippen LogP contribution in [-0.4, -0.2) is 28.1 Å². The Kier molecular flexibility index (Phi) is 4.61. The van der Waals surface area contributed by atoms with Crippen LogP contribution in [-0.2, 0) is 10.0 Å². The average molecular weight is 289 g/mol. The van der Waals surface area contributed by atoms with E-state index in [1.807, 2.05) is 0 Å². The Balaban J connectivity index is 2.01. The molecule has 1 aliphatic rings. The van der Waals surface area contributed by atoms with E-state index < -0.39 is 10.0 Å². The van der Waals surface area contributed by atoms with Crippen LogP contribution in [0.4, 0.5) is 0 Å². The molecule has 1 saturated heterocycles. The fraction of sp³-hybridized carbons (Fsp3) is 0.500. The van der Waals surface area contributed by atoms with Crippen molar-refractivity contribution in [2.24, 2.45) is 5.92 Å². The molecule has 100 valence electrons. The zero-order chi connectivity index (χ0) is 13.0. The molecular formula is C12H17ClN2O2S. The summed E-state index contributed by atoms with van der Waals surface area (Å²) in [6, 6.07) is 6.48. The molecule has 0 saturated carbocycles. The molecule has 0 aliphatic carbocycles. The molecule has 4 nitrogen and oxygen atoms in total. The smallest absolute Gasteiger partial charge is 0.242 e. The van der Waals surface area contributed by atoms with Gasteiger partial charge in [0.25, 0.3) is 0 Å². The monoisotopic (exact) mass is 288 g/mol. The number of sulfonamides is 1. The van der Waals surface area contributed by atoms with Gasteiger partial charge >= 0.3 is 0 Å². The van der Waals surface area contributed by atoms with Gasteiger partial charge in [-0.05, 0) is 44.0 Å². The van der Waals surface area contributed by atoms with E-state index in [1.165, 1.54) is 6.07 Å². The lowest BCUT2D eigenvalue weighted by molar-refractivity contribution is 0.376. The largest absolute Gasteiger partial charge is 0.316 e. The van der Waals surface area contributed by atoms with Crippen molar-refractivity contribution in [3.8, 4) is 0 Å². The molecule has 1 atom stereocenters. The number of piperidine rings is 1. The van der Waals surface area contributed by atoms with Gasteiger partial charge in [0.1, 0.15) is 4.90 Å². The highest BCUT2D eigenvalue weighted by Crippen LogP contribution is 2.20. The molecular weight excluding hydrogens is 272 g/mol. The fourth-order valence-electron chi connectivity index (χ4n) is 2.07. The van der Waals surface area contributed by atoms with E-state index in [0.29, 0.717) is 12.5 Å². The van der Waals surface area contributed by atoms with Crippen LogP contribution < -0.4 is 10.0 Å². The van der Waals surface area contributed by atoms with Gasteiger partial charge in [-0.3, -0.25) is 0 Å². The molecule has 0 bridgehead atoms. The summed E-state index contributed by atoms with van der Waals surface area (Å²) in [5.41, 5.74) is 0. The zero-order valence-corrected chi connectivity index (χ0v) is 11.6. The van der Waals surface area contributed by atoms with Crippen LogP contribution in [0.3, 0.4) is 0 Å². The molecule has 0 unspecified atom stereocenters. The third-order valence-corrected chi connectivity index (χ3v) is 5.01. The van der Waals surface area contributed by atoms with Crippen molar-refractivity contribution in [1.29, 1.82) is 0 Å². The third-order valence-electron chi connectivity index (χ3n) is 3.09. The standard InChI is InChI=1S/C12H17ClN2O2S/c13-11-5-1-2-6-12(11)18(16,17)15-9-10-4-3-7-14-8-10/h1-2,5-6,10,14-15H,3-4,7-9H2/t10-/m0/s1. The lowest BCUT2D eigenvalue weighted by Gasteiger charge is -2.22. The van der Waals surface area contributed by atoms with E-state index in [1.54, 1.807) is 18.2 Å². The Morgan fingerprint density at radius 3 is 2.83 bits per heavy atom. The first-order valence-electron chi connectivity index (χ1n) is 6.04. The molecule has 6 heteroatoms. The van der Waals surface area contributed by atoms with Crippen molar-refractivity contribution in [2.75, 3.05) is 19.6 Å². The summed E-state index contributed by atoms with van der Waals surface area (Å²) in [6.45, 7) is 2.35. The number of hydrogen-bond acceptors (Lipinski definition) is 3. The molecule has 18 heavy (non-hydrogen) atoms. The third kappa shape index (κ3) is 3.45. The predicted octanol–water partition coefficient (Wildman–Crippen LogP) is 1.62. The van der Waals surface area contributed by atoms with Crippen LogP contribution in [0.25, 0.3) is 0 Å². The predicted molar refractivity (Wildman–Crippen MR) is 72.2 cm³/mol. The summed E-state index contributed by atoms with van der Waals surface area (Å²) in [7, 11) is -3.50. The van der Waals surface area contributed by atoms with Crippen molar-refractivity contribution in [3.05, 3.63) is 29.3 Å². The second-order valence-corrected chi connectivity index (χ2v) is 6.64. The van der Waals surface area contributed by atoms with E-state index >= 15 is 0 Å². The molecule has 0 aromatic heterocycles. The van der Waals surface area contributed by atoms with E-state index in [0.717, 1.165) is 25.9 Å². The molecule has 2 N–H and O–H groups in total. The van der Waals surface area contributed by atoms with Gasteiger partial charge < -0.3 is 5.32 Å². The number of benzene rings is 1. The molecule has 2 rings (SSSR count). The van der Waals surface area contributed by atoms with Crippen LogP contribution in [0.15, 0.2) is 29.2 Å². The van der Waals surface area contributed by atoms with Gasteiger partial charge in [-0.15, -0.1) is 0 Å². The highest BCUT2D eigenvalue weighted by Gasteiger charge is 2.20. The van der Waals surface area contributed by atoms with E-state index in [9.17, 15) is 8.42 Å². The van der Waals surface area contributed by atoms with Gasteiger partial charge in [0.2, 0.25) is 10.0 Å². The minimum Gasteiger partial charge on any atom is -0.316 e. The highest BCUT2D eigenvalue weighted by atomic mass is 35.5. The summed E-state index contributed by atoms with van der Waals surface area (Å²) in [5.74, 6) is 0.357. The first kappa shape index (κ1) is 13.8. The Hall–Kier alpha value is -0.620. The van der Waals surface area contributed by atoms with Crippen molar-refractivity contribution in [3.63, 3.8) is 0 Å². The number of halogens is 1. The number of rotatable bonds is 4. The molecule has 1 fully saturated rings. The first-order chi connectivity index (χ1) is 8.59. The van der Waals surface area contributed by atoms with Gasteiger partial charge in [-0.1, -0.05) is 23.7 Å². The van der Waals surface area contributed by atoms with Crippen molar-refractivity contribution in [2.45, 2.75) is 17.7 Å². The van der Waals surface area contributed by atoms with Gasteiger partial charge in [0.05, 0.1) is 5.02 Å². The first-order valence-corrected chi connectivity index (χ1v) is 7.90. The van der Waals surface area contributed by atoms with Crippen LogP contribution in [0.5, 0.6) is 0 Å². The molecule has 1 aliphatic heterocycles. The summed E-state index contributed by atoms with van der Waals surface area (Å²) in [5, 5.41) is 3.52. The van der Waals surface area contributed by atoms with Crippen molar-refractivity contribution in [1.82, 2.24) is 10.0 Å². The topological polar surface area (TPSA) is 58.2 Å². The van der Waals surface area contributed by atoms with Gasteiger partial charge in [0, 0.05) is 6.54 Å². The lowest BCUT2D eigenvalue weighted by atomic mass is 10.0. The Morgan fingerprint density at radius 2 is 2.17 bits per heavy atom. The number of nitrogens with one attached hydrogen (secondary N) is 2. The van der Waals surface area contributed by atoms with E-state index in [-0.39, 0.29) is 9.92 Å². The molecule has 1 aromatic rings. The molecule has 1 heterocycles. The SMILES string of the molecule is O=S(=O)(NC[C@H]1CCCNC1)c1ccccc1Cl. The number of hydrogen-bond donors (Lipinski definition) is 2. The summed E-state index contributed by atoms with van der Waals surface area (Å²) >= 11 is 5.90. The average Bonchev–Trinajstić information content (AvgIpc) is 2.38. The lowest BCUT2D eigenvalue weighted by Crippen LogP contribution is -2.38. The zero-order valence-electron chi connectivity index (χ0n) is 10.0. The van der Waals surface area contributed by atoms with Crippen LogP contribution in [0, 0.1) is 5.92 Å². The Labute approximate surface area is 113 Å². The van der Waals surface area contributed by atoms with Gasteiger partial charge in [-0.25, -0.2) is 13.1 Å². The second kappa shape index (κ2) is 6.02. The molecule has 0 radical (unpaired) electrons. The van der Waals surface area contributed by atoms with Crippen molar-refractivity contribution < 1.29 is 8.42 Å². The minimum atomic E-state index is -3.50. The summed E-state index contributed by atoms with van der Waals surface area (Å²) in [6.07, 6.45) is 2.15.